The Labute approximate surface area is 147 Å². The van der Waals surface area contributed by atoms with Gasteiger partial charge in [-0.2, -0.15) is 4.98 Å². The van der Waals surface area contributed by atoms with Crippen LogP contribution in [0.25, 0.3) is 0 Å². The second-order valence-electron chi connectivity index (χ2n) is 5.66. The van der Waals surface area contributed by atoms with Gasteiger partial charge in [-0.05, 0) is 31.2 Å². The third-order valence-electron chi connectivity index (χ3n) is 3.68. The maximum atomic E-state index is 13.8. The first-order chi connectivity index (χ1) is 12.6. The van der Waals surface area contributed by atoms with E-state index in [1.54, 1.807) is 25.1 Å². The van der Waals surface area contributed by atoms with Crippen LogP contribution in [0.3, 0.4) is 0 Å². The smallest absolute Gasteiger partial charge is 0.231 e. The largest absolute Gasteiger partial charge is 0.454 e. The lowest BCUT2D eigenvalue weighted by atomic mass is 10.3. The van der Waals surface area contributed by atoms with Crippen LogP contribution in [0.4, 0.5) is 31.9 Å². The molecule has 1 aliphatic heterocycles. The Bertz CT molecular complexity index is 981. The molecule has 1 aromatic heterocycles. The van der Waals surface area contributed by atoms with E-state index in [2.05, 4.69) is 20.6 Å². The summed E-state index contributed by atoms with van der Waals surface area (Å²) in [6.45, 7) is 1.98. The van der Waals surface area contributed by atoms with Crippen LogP contribution in [0.2, 0.25) is 0 Å². The Morgan fingerprint density at radius 1 is 0.923 bits per heavy atom. The predicted molar refractivity (Wildman–Crippen MR) is 92.3 cm³/mol. The zero-order valence-corrected chi connectivity index (χ0v) is 13.7. The fraction of sp³-hybridized carbons (Fsp3) is 0.111. The van der Waals surface area contributed by atoms with E-state index in [9.17, 15) is 8.78 Å². The van der Waals surface area contributed by atoms with Crippen LogP contribution in [0.15, 0.2) is 42.5 Å². The molecule has 0 saturated heterocycles. The monoisotopic (exact) mass is 356 g/mol. The second kappa shape index (κ2) is 6.47. The summed E-state index contributed by atoms with van der Waals surface area (Å²) in [5, 5.41) is 5.90. The van der Waals surface area contributed by atoms with Gasteiger partial charge in [-0.25, -0.2) is 13.8 Å². The molecule has 2 N–H and O–H groups in total. The van der Waals surface area contributed by atoms with Crippen molar-refractivity contribution in [3.63, 3.8) is 0 Å². The first kappa shape index (κ1) is 16.1. The molecular formula is C18H14F2N4O2. The van der Waals surface area contributed by atoms with E-state index in [0.29, 0.717) is 29.0 Å². The van der Waals surface area contributed by atoms with E-state index in [1.807, 2.05) is 6.07 Å². The minimum Gasteiger partial charge on any atom is -0.454 e. The molecule has 6 nitrogen and oxygen atoms in total. The third kappa shape index (κ3) is 3.34. The van der Waals surface area contributed by atoms with E-state index in [1.165, 1.54) is 12.1 Å². The molecule has 3 aromatic rings. The fourth-order valence-electron chi connectivity index (χ4n) is 2.52. The quantitative estimate of drug-likeness (QED) is 0.727. The summed E-state index contributed by atoms with van der Waals surface area (Å²) in [4.78, 5) is 8.63. The number of hydrogen-bond acceptors (Lipinski definition) is 6. The number of nitrogens with one attached hydrogen (secondary N) is 2. The molecule has 0 spiro atoms. The van der Waals surface area contributed by atoms with Crippen molar-refractivity contribution in [2.45, 2.75) is 6.92 Å². The molecule has 0 radical (unpaired) electrons. The molecule has 2 aromatic carbocycles. The van der Waals surface area contributed by atoms with E-state index in [0.717, 1.165) is 11.8 Å². The van der Waals surface area contributed by atoms with Gasteiger partial charge in [0.2, 0.25) is 12.7 Å². The van der Waals surface area contributed by atoms with Crippen LogP contribution in [-0.2, 0) is 0 Å². The number of rotatable bonds is 4. The van der Waals surface area contributed by atoms with Gasteiger partial charge in [0.05, 0.1) is 5.69 Å². The van der Waals surface area contributed by atoms with Crippen molar-refractivity contribution in [2.24, 2.45) is 0 Å². The number of benzene rings is 2. The van der Waals surface area contributed by atoms with Crippen molar-refractivity contribution in [1.82, 2.24) is 9.97 Å². The number of aromatic nitrogens is 2. The van der Waals surface area contributed by atoms with Crippen molar-refractivity contribution in [1.29, 1.82) is 0 Å². The lowest BCUT2D eigenvalue weighted by Crippen LogP contribution is -2.03. The Kier molecular flexibility index (Phi) is 4.00. The van der Waals surface area contributed by atoms with Gasteiger partial charge in [-0.1, -0.05) is 0 Å². The minimum absolute atomic E-state index is 0.124. The topological polar surface area (TPSA) is 68.3 Å². The van der Waals surface area contributed by atoms with E-state index in [-0.39, 0.29) is 12.5 Å². The van der Waals surface area contributed by atoms with Crippen molar-refractivity contribution < 1.29 is 18.3 Å². The Morgan fingerprint density at radius 3 is 2.62 bits per heavy atom. The second-order valence-corrected chi connectivity index (χ2v) is 5.66. The van der Waals surface area contributed by atoms with E-state index >= 15 is 0 Å². The Morgan fingerprint density at radius 2 is 1.77 bits per heavy atom. The molecule has 0 amide bonds. The number of fused-ring (bicyclic) bond motifs is 1. The molecule has 132 valence electrons. The number of nitrogens with zero attached hydrogens (tertiary/aromatic N) is 2. The standard InChI is InChI=1S/C18H14F2N4O2/c1-10-6-17(23-14-4-2-11(19)7-13(14)20)24-18(21-10)22-12-3-5-15-16(8-12)26-9-25-15/h2-8H,9H2,1H3,(H2,21,22,23,24). The number of hydrogen-bond donors (Lipinski definition) is 2. The van der Waals surface area contributed by atoms with Gasteiger partial charge in [-0.3, -0.25) is 0 Å². The van der Waals surface area contributed by atoms with Crippen molar-refractivity contribution in [3.8, 4) is 11.5 Å². The van der Waals surface area contributed by atoms with Gasteiger partial charge in [0.1, 0.15) is 17.5 Å². The number of aryl methyl sites for hydroxylation is 1. The number of anilines is 4. The summed E-state index contributed by atoms with van der Waals surface area (Å²) in [7, 11) is 0. The van der Waals surface area contributed by atoms with Crippen molar-refractivity contribution in [3.05, 3.63) is 59.8 Å². The summed E-state index contributed by atoms with van der Waals surface area (Å²) >= 11 is 0. The average molecular weight is 356 g/mol. The molecular weight excluding hydrogens is 342 g/mol. The summed E-state index contributed by atoms with van der Waals surface area (Å²) in [6, 6.07) is 10.3. The molecule has 0 unspecified atom stereocenters. The van der Waals surface area contributed by atoms with Crippen LogP contribution in [0.1, 0.15) is 5.69 Å². The van der Waals surface area contributed by atoms with Gasteiger partial charge in [0.15, 0.2) is 11.5 Å². The summed E-state index contributed by atoms with van der Waals surface area (Å²) in [6.07, 6.45) is 0. The van der Waals surface area contributed by atoms with Gasteiger partial charge in [0, 0.05) is 29.6 Å². The first-order valence-corrected chi connectivity index (χ1v) is 7.81. The van der Waals surface area contributed by atoms with Gasteiger partial charge in [-0.15, -0.1) is 0 Å². The van der Waals surface area contributed by atoms with Crippen LogP contribution in [0.5, 0.6) is 11.5 Å². The normalized spacial score (nSPS) is 12.1. The van der Waals surface area contributed by atoms with Crippen LogP contribution in [-0.4, -0.2) is 16.8 Å². The zero-order valence-electron chi connectivity index (χ0n) is 13.7. The van der Waals surface area contributed by atoms with E-state index in [4.69, 9.17) is 9.47 Å². The summed E-state index contributed by atoms with van der Waals surface area (Å²) in [5.41, 5.74) is 1.52. The molecule has 0 saturated carbocycles. The SMILES string of the molecule is Cc1cc(Nc2ccc(F)cc2F)nc(Nc2ccc3c(c2)OCO3)n1. The van der Waals surface area contributed by atoms with Crippen molar-refractivity contribution in [2.75, 3.05) is 17.4 Å². The van der Waals surface area contributed by atoms with Crippen LogP contribution < -0.4 is 20.1 Å². The average Bonchev–Trinajstić information content (AvgIpc) is 3.05. The highest BCUT2D eigenvalue weighted by molar-refractivity contribution is 5.63. The molecule has 2 heterocycles. The van der Waals surface area contributed by atoms with Gasteiger partial charge in [0.25, 0.3) is 0 Å². The molecule has 0 fully saturated rings. The Hall–Kier alpha value is -3.42. The zero-order chi connectivity index (χ0) is 18.1. The number of halogens is 2. The Balaban J connectivity index is 1.58. The molecule has 8 heteroatoms. The minimum atomic E-state index is -0.702. The molecule has 0 atom stereocenters. The summed E-state index contributed by atoms with van der Waals surface area (Å²) in [5.74, 6) is 0.674. The third-order valence-corrected chi connectivity index (χ3v) is 3.68. The van der Waals surface area contributed by atoms with Gasteiger partial charge < -0.3 is 20.1 Å². The summed E-state index contributed by atoms with van der Waals surface area (Å²) < 4.78 is 37.5. The highest BCUT2D eigenvalue weighted by Gasteiger charge is 2.14. The van der Waals surface area contributed by atoms with Gasteiger partial charge >= 0.3 is 0 Å². The fourth-order valence-corrected chi connectivity index (χ4v) is 2.52. The molecule has 4 rings (SSSR count). The van der Waals surface area contributed by atoms with Crippen molar-refractivity contribution >= 4 is 23.1 Å². The van der Waals surface area contributed by atoms with Crippen LogP contribution in [0, 0.1) is 18.6 Å². The lowest BCUT2D eigenvalue weighted by molar-refractivity contribution is 0.174. The molecule has 1 aliphatic rings. The first-order valence-electron chi connectivity index (χ1n) is 7.81. The predicted octanol–water partition coefficient (Wildman–Crippen LogP) is 4.28. The molecule has 26 heavy (non-hydrogen) atoms. The highest BCUT2D eigenvalue weighted by Crippen LogP contribution is 2.35. The van der Waals surface area contributed by atoms with E-state index < -0.39 is 11.6 Å². The number of ether oxygens (including phenoxy) is 2. The maximum Gasteiger partial charge on any atom is 0.231 e. The highest BCUT2D eigenvalue weighted by atomic mass is 19.1. The maximum absolute atomic E-state index is 13.8. The van der Waals surface area contributed by atoms with Crippen LogP contribution >= 0.6 is 0 Å². The molecule has 0 bridgehead atoms. The molecule has 0 aliphatic carbocycles. The lowest BCUT2D eigenvalue weighted by Gasteiger charge is -2.11.